The monoisotopic (exact) mass is 372 g/mol. The molecule has 0 aromatic heterocycles. The zero-order valence-electron chi connectivity index (χ0n) is 17.0. The number of benzene rings is 1. The Morgan fingerprint density at radius 3 is 2.30 bits per heavy atom. The number of allylic oxidation sites excluding steroid dienone is 2. The third kappa shape index (κ3) is 9.08. The standard InChI is InChI=1S/C22H32N2O3/c1-7-8-14-18(16(2)3)23-20(25)19(15-17-12-10-9-11-13-17)24-21(26)27-22(4,5)6/h7-14,16,18-19H,1,15H2,2-6H3,(H,23,25)(H,24,26)/b14-8+/t18-,19+/m1/s1. The van der Waals surface area contributed by atoms with Crippen molar-refractivity contribution in [3.8, 4) is 0 Å². The molecule has 0 bridgehead atoms. The lowest BCUT2D eigenvalue weighted by molar-refractivity contribution is -0.123. The van der Waals surface area contributed by atoms with Gasteiger partial charge in [0.2, 0.25) is 5.91 Å². The molecule has 0 saturated carbocycles. The molecule has 0 aliphatic heterocycles. The van der Waals surface area contributed by atoms with Gasteiger partial charge in [-0.15, -0.1) is 0 Å². The van der Waals surface area contributed by atoms with Crippen molar-refractivity contribution in [3.63, 3.8) is 0 Å². The Morgan fingerprint density at radius 2 is 1.78 bits per heavy atom. The van der Waals surface area contributed by atoms with Crippen LogP contribution in [-0.2, 0) is 16.0 Å². The first kappa shape index (κ1) is 22.5. The van der Waals surface area contributed by atoms with Gasteiger partial charge in [-0.25, -0.2) is 4.79 Å². The topological polar surface area (TPSA) is 67.4 Å². The summed E-state index contributed by atoms with van der Waals surface area (Å²) in [6, 6.07) is 8.68. The first-order valence-electron chi connectivity index (χ1n) is 9.25. The lowest BCUT2D eigenvalue weighted by Crippen LogP contribution is -2.52. The van der Waals surface area contributed by atoms with E-state index in [4.69, 9.17) is 4.74 Å². The zero-order valence-corrected chi connectivity index (χ0v) is 17.0. The van der Waals surface area contributed by atoms with Gasteiger partial charge in [0.1, 0.15) is 11.6 Å². The third-order valence-corrected chi connectivity index (χ3v) is 3.77. The van der Waals surface area contributed by atoms with E-state index in [0.29, 0.717) is 6.42 Å². The van der Waals surface area contributed by atoms with Crippen LogP contribution in [-0.4, -0.2) is 29.7 Å². The smallest absolute Gasteiger partial charge is 0.408 e. The average Bonchev–Trinajstić information content (AvgIpc) is 2.56. The number of carbonyl (C=O) groups is 2. The second-order valence-corrected chi connectivity index (χ2v) is 7.79. The lowest BCUT2D eigenvalue weighted by atomic mass is 10.0. The molecule has 0 spiro atoms. The summed E-state index contributed by atoms with van der Waals surface area (Å²) in [5.74, 6) is -0.0545. The third-order valence-electron chi connectivity index (χ3n) is 3.77. The van der Waals surface area contributed by atoms with Crippen molar-refractivity contribution in [3.05, 3.63) is 60.7 Å². The van der Waals surface area contributed by atoms with E-state index in [0.717, 1.165) is 5.56 Å². The molecule has 0 unspecified atom stereocenters. The zero-order chi connectivity index (χ0) is 20.4. The molecule has 1 rings (SSSR count). The number of nitrogens with one attached hydrogen (secondary N) is 2. The second kappa shape index (κ2) is 10.6. The number of amides is 2. The molecule has 1 aromatic carbocycles. The van der Waals surface area contributed by atoms with Gasteiger partial charge in [0, 0.05) is 12.5 Å². The van der Waals surface area contributed by atoms with E-state index in [9.17, 15) is 9.59 Å². The van der Waals surface area contributed by atoms with Gasteiger partial charge in [-0.3, -0.25) is 4.79 Å². The molecule has 5 heteroatoms. The minimum Gasteiger partial charge on any atom is -0.444 e. The summed E-state index contributed by atoms with van der Waals surface area (Å²) in [5, 5.41) is 5.70. The van der Waals surface area contributed by atoms with Crippen molar-refractivity contribution < 1.29 is 14.3 Å². The molecule has 2 N–H and O–H groups in total. The Kier molecular flexibility index (Phi) is 8.79. The van der Waals surface area contributed by atoms with Gasteiger partial charge in [-0.05, 0) is 32.3 Å². The van der Waals surface area contributed by atoms with Crippen molar-refractivity contribution in [2.75, 3.05) is 0 Å². The first-order chi connectivity index (χ1) is 12.6. The number of rotatable bonds is 8. The molecule has 0 aliphatic rings. The van der Waals surface area contributed by atoms with Gasteiger partial charge in [0.05, 0.1) is 0 Å². The molecule has 2 amide bonds. The van der Waals surface area contributed by atoms with E-state index < -0.39 is 17.7 Å². The van der Waals surface area contributed by atoms with E-state index >= 15 is 0 Å². The van der Waals surface area contributed by atoms with Gasteiger partial charge in [0.15, 0.2) is 0 Å². The Morgan fingerprint density at radius 1 is 1.15 bits per heavy atom. The molecular formula is C22H32N2O3. The highest BCUT2D eigenvalue weighted by Gasteiger charge is 2.26. The fourth-order valence-electron chi connectivity index (χ4n) is 2.41. The van der Waals surface area contributed by atoms with Gasteiger partial charge >= 0.3 is 6.09 Å². The van der Waals surface area contributed by atoms with Crippen LogP contribution in [0.4, 0.5) is 4.79 Å². The molecule has 5 nitrogen and oxygen atoms in total. The van der Waals surface area contributed by atoms with Crippen LogP contribution < -0.4 is 10.6 Å². The highest BCUT2D eigenvalue weighted by Crippen LogP contribution is 2.10. The predicted octanol–water partition coefficient (Wildman–Crippen LogP) is 4.01. The summed E-state index contributed by atoms with van der Waals surface area (Å²) >= 11 is 0. The summed E-state index contributed by atoms with van der Waals surface area (Å²) in [5.41, 5.74) is 0.321. The average molecular weight is 373 g/mol. The van der Waals surface area contributed by atoms with E-state index in [1.807, 2.05) is 50.3 Å². The van der Waals surface area contributed by atoms with Crippen LogP contribution in [0.1, 0.15) is 40.2 Å². The van der Waals surface area contributed by atoms with Crippen LogP contribution in [0.2, 0.25) is 0 Å². The van der Waals surface area contributed by atoms with Gasteiger partial charge < -0.3 is 15.4 Å². The van der Waals surface area contributed by atoms with E-state index in [1.54, 1.807) is 32.9 Å². The van der Waals surface area contributed by atoms with Crippen LogP contribution in [0.15, 0.2) is 55.1 Å². The van der Waals surface area contributed by atoms with Crippen LogP contribution in [0.3, 0.4) is 0 Å². The first-order valence-corrected chi connectivity index (χ1v) is 9.25. The molecule has 2 atom stereocenters. The maximum absolute atomic E-state index is 12.9. The summed E-state index contributed by atoms with van der Waals surface area (Å²) in [7, 11) is 0. The van der Waals surface area contributed by atoms with Crippen molar-refractivity contribution >= 4 is 12.0 Å². The SMILES string of the molecule is C=C/C=C/[C@@H](NC(=O)[C@H](Cc1ccccc1)NC(=O)OC(C)(C)C)C(C)C. The van der Waals surface area contributed by atoms with Crippen LogP contribution >= 0.6 is 0 Å². The Bertz CT molecular complexity index is 645. The normalized spacial score (nSPS) is 13.9. The number of hydrogen-bond acceptors (Lipinski definition) is 3. The molecule has 148 valence electrons. The predicted molar refractivity (Wildman–Crippen MR) is 109 cm³/mol. The number of hydrogen-bond donors (Lipinski definition) is 2. The van der Waals surface area contributed by atoms with Gasteiger partial charge in [-0.2, -0.15) is 0 Å². The van der Waals surface area contributed by atoms with Crippen LogP contribution in [0.25, 0.3) is 0 Å². The van der Waals surface area contributed by atoms with Crippen molar-refractivity contribution in [1.82, 2.24) is 10.6 Å². The summed E-state index contributed by atoms with van der Waals surface area (Å²) in [6.07, 6.45) is 5.13. The van der Waals surface area contributed by atoms with E-state index in [-0.39, 0.29) is 17.9 Å². The fourth-order valence-corrected chi connectivity index (χ4v) is 2.41. The van der Waals surface area contributed by atoms with E-state index in [1.165, 1.54) is 0 Å². The van der Waals surface area contributed by atoms with E-state index in [2.05, 4.69) is 17.2 Å². The Balaban J connectivity index is 2.93. The summed E-state index contributed by atoms with van der Waals surface area (Å²) in [6.45, 7) is 13.1. The molecule has 0 heterocycles. The largest absolute Gasteiger partial charge is 0.444 e. The summed E-state index contributed by atoms with van der Waals surface area (Å²) < 4.78 is 5.32. The van der Waals surface area contributed by atoms with Crippen molar-refractivity contribution in [2.24, 2.45) is 5.92 Å². The molecule has 0 fully saturated rings. The Labute approximate surface area is 162 Å². The van der Waals surface area contributed by atoms with Gasteiger partial charge in [-0.1, -0.05) is 69.0 Å². The quantitative estimate of drug-likeness (QED) is 0.678. The lowest BCUT2D eigenvalue weighted by Gasteiger charge is -2.26. The molecule has 0 radical (unpaired) electrons. The maximum Gasteiger partial charge on any atom is 0.408 e. The van der Waals surface area contributed by atoms with Crippen LogP contribution in [0.5, 0.6) is 0 Å². The fraction of sp³-hybridized carbons (Fsp3) is 0.455. The minimum atomic E-state index is -0.736. The molecule has 0 saturated heterocycles. The minimum absolute atomic E-state index is 0.158. The number of carbonyl (C=O) groups excluding carboxylic acids is 2. The highest BCUT2D eigenvalue weighted by molar-refractivity contribution is 5.86. The number of alkyl carbamates (subject to hydrolysis) is 1. The second-order valence-electron chi connectivity index (χ2n) is 7.79. The van der Waals surface area contributed by atoms with Gasteiger partial charge in [0.25, 0.3) is 0 Å². The molecular weight excluding hydrogens is 340 g/mol. The highest BCUT2D eigenvalue weighted by atomic mass is 16.6. The molecule has 0 aliphatic carbocycles. The summed E-state index contributed by atoms with van der Waals surface area (Å²) in [4.78, 5) is 25.1. The van der Waals surface area contributed by atoms with Crippen LogP contribution in [0, 0.1) is 5.92 Å². The number of ether oxygens (including phenoxy) is 1. The van der Waals surface area contributed by atoms with Crippen molar-refractivity contribution in [2.45, 2.75) is 58.7 Å². The Hall–Kier alpha value is -2.56. The van der Waals surface area contributed by atoms with Crippen molar-refractivity contribution in [1.29, 1.82) is 0 Å². The molecule has 27 heavy (non-hydrogen) atoms. The molecule has 1 aromatic rings. The maximum atomic E-state index is 12.9.